The van der Waals surface area contributed by atoms with Gasteiger partial charge in [0.2, 0.25) is 0 Å². The molecule has 5 rings (SSSR count). The van der Waals surface area contributed by atoms with E-state index in [-0.39, 0.29) is 18.3 Å². The van der Waals surface area contributed by atoms with Crippen LogP contribution in [0.15, 0.2) is 101 Å². The van der Waals surface area contributed by atoms with Crippen LogP contribution in [0.3, 0.4) is 0 Å². The highest BCUT2D eigenvalue weighted by Gasteiger charge is 2.13. The van der Waals surface area contributed by atoms with Gasteiger partial charge < -0.3 is 14.8 Å². The molecule has 1 amide bonds. The summed E-state index contributed by atoms with van der Waals surface area (Å²) in [5.74, 6) is 0.300. The van der Waals surface area contributed by atoms with Gasteiger partial charge in [0, 0.05) is 27.8 Å². The van der Waals surface area contributed by atoms with Crippen LogP contribution in [-0.2, 0) is 6.61 Å². The van der Waals surface area contributed by atoms with Crippen molar-refractivity contribution in [3.8, 4) is 22.8 Å². The van der Waals surface area contributed by atoms with E-state index in [9.17, 15) is 9.18 Å². The number of amides is 1. The number of hydrazone groups is 1. The number of anilines is 2. The Morgan fingerprint density at radius 1 is 1.05 bits per heavy atom. The van der Waals surface area contributed by atoms with Gasteiger partial charge in [0.25, 0.3) is 5.91 Å². The van der Waals surface area contributed by atoms with Crippen molar-refractivity contribution in [3.63, 3.8) is 0 Å². The van der Waals surface area contributed by atoms with Gasteiger partial charge in [-0.1, -0.05) is 48.5 Å². The lowest BCUT2D eigenvalue weighted by atomic mass is 10.1. The van der Waals surface area contributed by atoms with Gasteiger partial charge >= 0.3 is 0 Å². The van der Waals surface area contributed by atoms with E-state index in [2.05, 4.69) is 43.4 Å². The predicted octanol–water partition coefficient (Wildman–Crippen LogP) is 7.65. The lowest BCUT2D eigenvalue weighted by molar-refractivity contribution is 0.0955. The molecule has 1 heterocycles. The number of halogens is 2. The zero-order valence-electron chi connectivity index (χ0n) is 21.8. The molecule has 0 aliphatic carbocycles. The zero-order valence-corrected chi connectivity index (χ0v) is 24.8. The number of para-hydroxylation sites is 1. The molecular formula is C31H24FIN4O3S. The molecule has 41 heavy (non-hydrogen) atoms. The highest BCUT2D eigenvalue weighted by molar-refractivity contribution is 14.1. The molecular weight excluding hydrogens is 654 g/mol. The Morgan fingerprint density at radius 2 is 1.80 bits per heavy atom. The lowest BCUT2D eigenvalue weighted by Crippen LogP contribution is -2.17. The monoisotopic (exact) mass is 678 g/mol. The minimum absolute atomic E-state index is 0.0650. The second-order valence-electron chi connectivity index (χ2n) is 8.72. The summed E-state index contributed by atoms with van der Waals surface area (Å²) in [6, 6.07) is 27.0. The number of ether oxygens (including phenoxy) is 2. The van der Waals surface area contributed by atoms with Crippen molar-refractivity contribution in [2.24, 2.45) is 5.10 Å². The van der Waals surface area contributed by atoms with Crippen LogP contribution in [-0.4, -0.2) is 24.2 Å². The van der Waals surface area contributed by atoms with Gasteiger partial charge in [-0.15, -0.1) is 11.3 Å². The number of nitrogens with zero attached hydrogens (tertiary/aromatic N) is 2. The first-order valence-corrected chi connectivity index (χ1v) is 14.4. The maximum Gasteiger partial charge on any atom is 0.271 e. The van der Waals surface area contributed by atoms with Crippen molar-refractivity contribution in [1.29, 1.82) is 0 Å². The Bertz CT molecular complexity index is 1680. The first-order chi connectivity index (χ1) is 20.0. The number of hydrogen-bond acceptors (Lipinski definition) is 7. The summed E-state index contributed by atoms with van der Waals surface area (Å²) in [6.07, 6.45) is 1.52. The third-order valence-corrected chi connectivity index (χ3v) is 7.49. The standard InChI is InChI=1S/C31H24FIN4O3S/c1-39-28-16-20(15-26(33)29(28)40-18-23-7-5-6-10-25(23)32)17-34-37-30(38)22-13-11-21(12-14-22)27-19-41-31(36-27)35-24-8-3-2-4-9-24/h2-17,19H,18H2,1H3,(H,35,36)(H,37,38)/b34-17-. The maximum absolute atomic E-state index is 14.0. The SMILES string of the molecule is COc1cc(/C=N\NC(=O)c2ccc(-c3csc(Nc4ccccc4)n3)cc2)cc(I)c1OCc1ccccc1F. The number of aromatic nitrogens is 1. The van der Waals surface area contributed by atoms with Crippen molar-refractivity contribution in [1.82, 2.24) is 10.4 Å². The van der Waals surface area contributed by atoms with E-state index < -0.39 is 0 Å². The fourth-order valence-electron chi connectivity index (χ4n) is 3.85. The summed E-state index contributed by atoms with van der Waals surface area (Å²) in [6.45, 7) is 0.0650. The molecule has 0 spiro atoms. The van der Waals surface area contributed by atoms with Gasteiger partial charge in [-0.25, -0.2) is 14.8 Å². The second kappa shape index (κ2) is 13.4. The van der Waals surface area contributed by atoms with E-state index in [0.717, 1.165) is 25.6 Å². The third kappa shape index (κ3) is 7.27. The van der Waals surface area contributed by atoms with Crippen LogP contribution in [0, 0.1) is 9.39 Å². The number of hydrogen-bond donors (Lipinski definition) is 2. The Morgan fingerprint density at radius 3 is 2.56 bits per heavy atom. The van der Waals surface area contributed by atoms with Crippen LogP contribution < -0.4 is 20.2 Å². The smallest absolute Gasteiger partial charge is 0.271 e. The van der Waals surface area contributed by atoms with E-state index in [4.69, 9.17) is 9.47 Å². The van der Waals surface area contributed by atoms with E-state index in [1.54, 1.807) is 36.4 Å². The molecule has 0 fully saturated rings. The summed E-state index contributed by atoms with van der Waals surface area (Å²) in [5.41, 5.74) is 6.86. The number of methoxy groups -OCH3 is 1. The van der Waals surface area contributed by atoms with Gasteiger partial charge in [-0.2, -0.15) is 5.10 Å². The molecule has 7 nitrogen and oxygen atoms in total. The average Bonchev–Trinajstić information content (AvgIpc) is 3.46. The van der Waals surface area contributed by atoms with Gasteiger partial charge in [0.15, 0.2) is 16.6 Å². The van der Waals surface area contributed by atoms with Gasteiger partial charge in [0.1, 0.15) is 12.4 Å². The Balaban J connectivity index is 1.19. The van der Waals surface area contributed by atoms with Crippen molar-refractivity contribution in [2.75, 3.05) is 12.4 Å². The Labute approximate surface area is 254 Å². The molecule has 2 N–H and O–H groups in total. The highest BCUT2D eigenvalue weighted by Crippen LogP contribution is 2.34. The fraction of sp³-hybridized carbons (Fsp3) is 0.0645. The molecule has 206 valence electrons. The predicted molar refractivity (Wildman–Crippen MR) is 169 cm³/mol. The van der Waals surface area contributed by atoms with Crippen molar-refractivity contribution in [2.45, 2.75) is 6.61 Å². The number of benzene rings is 4. The van der Waals surface area contributed by atoms with Crippen LogP contribution in [0.2, 0.25) is 0 Å². The number of carbonyl (C=O) groups is 1. The Hall–Kier alpha value is -4.29. The number of nitrogens with one attached hydrogen (secondary N) is 2. The number of rotatable bonds is 10. The largest absolute Gasteiger partial charge is 0.493 e. The molecule has 0 bridgehead atoms. The molecule has 0 unspecified atom stereocenters. The van der Waals surface area contributed by atoms with E-state index in [1.807, 2.05) is 53.9 Å². The molecule has 0 radical (unpaired) electrons. The van der Waals surface area contributed by atoms with Crippen LogP contribution in [0.25, 0.3) is 11.3 Å². The molecule has 0 aliphatic heterocycles. The number of thiazole rings is 1. The zero-order chi connectivity index (χ0) is 28.6. The van der Waals surface area contributed by atoms with Crippen molar-refractivity contribution < 1.29 is 18.7 Å². The van der Waals surface area contributed by atoms with Crippen molar-refractivity contribution >= 4 is 56.9 Å². The average molecular weight is 679 g/mol. The first kappa shape index (κ1) is 28.2. The van der Waals surface area contributed by atoms with Crippen LogP contribution >= 0.6 is 33.9 Å². The van der Waals surface area contributed by atoms with E-state index in [0.29, 0.717) is 28.2 Å². The third-order valence-electron chi connectivity index (χ3n) is 5.93. The highest BCUT2D eigenvalue weighted by atomic mass is 127. The van der Waals surface area contributed by atoms with E-state index >= 15 is 0 Å². The summed E-state index contributed by atoms with van der Waals surface area (Å²) in [5, 5.41) is 10.1. The first-order valence-electron chi connectivity index (χ1n) is 12.5. The summed E-state index contributed by atoms with van der Waals surface area (Å²) in [7, 11) is 1.53. The molecule has 0 aliphatic rings. The molecule has 10 heteroatoms. The van der Waals surface area contributed by atoms with Crippen LogP contribution in [0.1, 0.15) is 21.5 Å². The lowest BCUT2D eigenvalue weighted by Gasteiger charge is -2.14. The van der Waals surface area contributed by atoms with E-state index in [1.165, 1.54) is 30.7 Å². The normalized spacial score (nSPS) is 10.9. The summed E-state index contributed by atoms with van der Waals surface area (Å²) in [4.78, 5) is 17.3. The Kier molecular flexibility index (Phi) is 9.22. The minimum Gasteiger partial charge on any atom is -0.493 e. The van der Waals surface area contributed by atoms with Gasteiger partial charge in [-0.05, 0) is 70.6 Å². The van der Waals surface area contributed by atoms with Crippen molar-refractivity contribution in [3.05, 3.63) is 122 Å². The molecule has 5 aromatic rings. The molecule has 0 saturated carbocycles. The molecule has 0 saturated heterocycles. The molecule has 0 atom stereocenters. The van der Waals surface area contributed by atoms with Crippen LogP contribution in [0.5, 0.6) is 11.5 Å². The number of carbonyl (C=O) groups excluding carboxylic acids is 1. The quantitative estimate of drug-likeness (QED) is 0.0901. The second-order valence-corrected chi connectivity index (χ2v) is 10.7. The molecule has 1 aromatic heterocycles. The maximum atomic E-state index is 14.0. The fourth-order valence-corrected chi connectivity index (χ4v) is 5.37. The topological polar surface area (TPSA) is 84.8 Å². The minimum atomic E-state index is -0.344. The van der Waals surface area contributed by atoms with Gasteiger partial charge in [-0.3, -0.25) is 4.79 Å². The summed E-state index contributed by atoms with van der Waals surface area (Å²) < 4.78 is 26.1. The van der Waals surface area contributed by atoms with Gasteiger partial charge in [0.05, 0.1) is 22.6 Å². The molecule has 4 aromatic carbocycles. The summed E-state index contributed by atoms with van der Waals surface area (Å²) >= 11 is 3.63. The van der Waals surface area contributed by atoms with Crippen LogP contribution in [0.4, 0.5) is 15.2 Å².